The Bertz CT molecular complexity index is 597. The highest BCUT2D eigenvalue weighted by molar-refractivity contribution is 8.13. The zero-order chi connectivity index (χ0) is 14.7. The number of benzene rings is 1. The Labute approximate surface area is 120 Å². The predicted octanol–water partition coefficient (Wildman–Crippen LogP) is 2.33. The summed E-state index contributed by atoms with van der Waals surface area (Å²) >= 11 is 1.18. The van der Waals surface area contributed by atoms with Gasteiger partial charge in [0.15, 0.2) is 5.12 Å². The van der Waals surface area contributed by atoms with Crippen molar-refractivity contribution >= 4 is 28.5 Å². The largest absolute Gasteiger partial charge is 0.311 e. The fourth-order valence-electron chi connectivity index (χ4n) is 2.18. The van der Waals surface area contributed by atoms with Crippen LogP contribution in [0, 0.1) is 23.1 Å². The maximum atomic E-state index is 13.3. The molecule has 1 unspecified atom stereocenters. The van der Waals surface area contributed by atoms with Crippen LogP contribution in [0.3, 0.4) is 0 Å². The Hall–Kier alpha value is -1.87. The number of halogens is 1. The third kappa shape index (κ3) is 3.17. The molecule has 1 aliphatic rings. The molecule has 0 saturated carbocycles. The quantitative estimate of drug-likeness (QED) is 0.858. The molecule has 0 spiro atoms. The summed E-state index contributed by atoms with van der Waals surface area (Å²) in [5.41, 5.74) is 0.590. The van der Waals surface area contributed by atoms with E-state index in [4.69, 9.17) is 5.26 Å². The summed E-state index contributed by atoms with van der Waals surface area (Å²) < 4.78 is 13.3. The molecule has 1 aliphatic heterocycles. The summed E-state index contributed by atoms with van der Waals surface area (Å²) in [5, 5.41) is 9.05. The van der Waals surface area contributed by atoms with E-state index in [0.29, 0.717) is 24.4 Å². The number of amides is 1. The molecule has 6 heteroatoms. The highest BCUT2D eigenvalue weighted by atomic mass is 32.2. The molecule has 0 aromatic heterocycles. The molecular formula is C14H13FN2O2S. The van der Waals surface area contributed by atoms with E-state index in [9.17, 15) is 14.0 Å². The molecule has 0 radical (unpaired) electrons. The zero-order valence-electron chi connectivity index (χ0n) is 10.9. The number of thioether (sulfide) groups is 1. The van der Waals surface area contributed by atoms with Gasteiger partial charge in [-0.05, 0) is 24.1 Å². The van der Waals surface area contributed by atoms with E-state index in [1.807, 2.05) is 6.07 Å². The van der Waals surface area contributed by atoms with Crippen molar-refractivity contribution in [2.75, 3.05) is 17.2 Å². The van der Waals surface area contributed by atoms with Crippen LogP contribution in [-0.4, -0.2) is 23.3 Å². The molecule has 1 saturated heterocycles. The molecule has 1 heterocycles. The van der Waals surface area contributed by atoms with Gasteiger partial charge in [0.1, 0.15) is 11.9 Å². The molecule has 4 nitrogen and oxygen atoms in total. The Morgan fingerprint density at radius 2 is 2.35 bits per heavy atom. The van der Waals surface area contributed by atoms with Crippen molar-refractivity contribution in [3.63, 3.8) is 0 Å². The SMILES string of the molecule is CC(=O)SCC1CC(=O)N(c2cc(F)ccc2C#N)C1. The van der Waals surface area contributed by atoms with Gasteiger partial charge in [-0.15, -0.1) is 0 Å². The topological polar surface area (TPSA) is 61.2 Å². The van der Waals surface area contributed by atoms with Gasteiger partial charge in [0.2, 0.25) is 5.91 Å². The summed E-state index contributed by atoms with van der Waals surface area (Å²) in [7, 11) is 0. The van der Waals surface area contributed by atoms with Crippen molar-refractivity contribution in [3.8, 4) is 6.07 Å². The van der Waals surface area contributed by atoms with Crippen molar-refractivity contribution < 1.29 is 14.0 Å². The first-order valence-corrected chi connectivity index (χ1v) is 7.13. The number of carbonyl (C=O) groups is 2. The molecule has 2 rings (SSSR count). The van der Waals surface area contributed by atoms with Crippen molar-refractivity contribution in [2.24, 2.45) is 5.92 Å². The standard InChI is InChI=1S/C14H13FN2O2S/c1-9(18)20-8-10-4-14(19)17(7-10)13-5-12(15)3-2-11(13)6-16/h2-3,5,10H,4,7-8H2,1H3. The smallest absolute Gasteiger partial charge is 0.227 e. The number of hydrogen-bond donors (Lipinski definition) is 0. The monoisotopic (exact) mass is 292 g/mol. The van der Waals surface area contributed by atoms with Crippen LogP contribution in [0.25, 0.3) is 0 Å². The van der Waals surface area contributed by atoms with Crippen LogP contribution in [0.2, 0.25) is 0 Å². The van der Waals surface area contributed by atoms with Gasteiger partial charge >= 0.3 is 0 Å². The van der Waals surface area contributed by atoms with Crippen LogP contribution < -0.4 is 4.90 Å². The number of nitriles is 1. The minimum atomic E-state index is -0.478. The second-order valence-corrected chi connectivity index (χ2v) is 5.85. The van der Waals surface area contributed by atoms with E-state index in [2.05, 4.69) is 0 Å². The van der Waals surface area contributed by atoms with Gasteiger partial charge < -0.3 is 4.90 Å². The third-order valence-electron chi connectivity index (χ3n) is 3.10. The lowest BCUT2D eigenvalue weighted by Crippen LogP contribution is -2.25. The van der Waals surface area contributed by atoms with E-state index >= 15 is 0 Å². The van der Waals surface area contributed by atoms with Crippen LogP contribution >= 0.6 is 11.8 Å². The lowest BCUT2D eigenvalue weighted by Gasteiger charge is -2.18. The second-order valence-electron chi connectivity index (χ2n) is 4.65. The van der Waals surface area contributed by atoms with Crippen molar-refractivity contribution in [3.05, 3.63) is 29.6 Å². The van der Waals surface area contributed by atoms with Crippen LogP contribution in [0.5, 0.6) is 0 Å². The van der Waals surface area contributed by atoms with Crippen LogP contribution in [0.4, 0.5) is 10.1 Å². The zero-order valence-corrected chi connectivity index (χ0v) is 11.7. The van der Waals surface area contributed by atoms with Gasteiger partial charge in [-0.3, -0.25) is 9.59 Å². The highest BCUT2D eigenvalue weighted by Gasteiger charge is 2.32. The van der Waals surface area contributed by atoms with E-state index in [1.54, 1.807) is 0 Å². The minimum Gasteiger partial charge on any atom is -0.311 e. The van der Waals surface area contributed by atoms with E-state index in [-0.39, 0.29) is 22.5 Å². The molecule has 1 amide bonds. The van der Waals surface area contributed by atoms with Crippen LogP contribution in [0.15, 0.2) is 18.2 Å². The Morgan fingerprint density at radius 3 is 3.00 bits per heavy atom. The highest BCUT2D eigenvalue weighted by Crippen LogP contribution is 2.30. The first-order valence-electron chi connectivity index (χ1n) is 6.14. The van der Waals surface area contributed by atoms with Crippen LogP contribution in [-0.2, 0) is 9.59 Å². The average Bonchev–Trinajstić information content (AvgIpc) is 2.77. The first kappa shape index (κ1) is 14.5. The minimum absolute atomic E-state index is 0.0133. The van der Waals surface area contributed by atoms with Gasteiger partial charge in [0.05, 0.1) is 11.3 Å². The number of rotatable bonds is 3. The van der Waals surface area contributed by atoms with E-state index in [1.165, 1.54) is 41.8 Å². The first-order chi connectivity index (χ1) is 9.51. The molecule has 0 bridgehead atoms. The summed E-state index contributed by atoms with van der Waals surface area (Å²) in [6.45, 7) is 1.90. The Morgan fingerprint density at radius 1 is 1.60 bits per heavy atom. The molecule has 1 fully saturated rings. The van der Waals surface area contributed by atoms with E-state index < -0.39 is 5.82 Å². The second kappa shape index (κ2) is 6.06. The molecule has 1 aromatic carbocycles. The summed E-state index contributed by atoms with van der Waals surface area (Å²) in [6.07, 6.45) is 0.321. The van der Waals surface area contributed by atoms with Crippen molar-refractivity contribution in [1.82, 2.24) is 0 Å². The Kier molecular flexibility index (Phi) is 4.40. The number of hydrogen-bond acceptors (Lipinski definition) is 4. The molecule has 20 heavy (non-hydrogen) atoms. The molecule has 1 atom stereocenters. The fourth-order valence-corrected chi connectivity index (χ4v) is 2.88. The molecule has 104 valence electrons. The maximum absolute atomic E-state index is 13.3. The summed E-state index contributed by atoms with van der Waals surface area (Å²) in [4.78, 5) is 24.4. The molecule has 0 aliphatic carbocycles. The van der Waals surface area contributed by atoms with Gasteiger partial charge in [-0.2, -0.15) is 5.26 Å². The average molecular weight is 292 g/mol. The van der Waals surface area contributed by atoms with Gasteiger partial charge in [-0.1, -0.05) is 11.8 Å². The summed E-state index contributed by atoms with van der Waals surface area (Å²) in [5.74, 6) is -0.00442. The fraction of sp³-hybridized carbons (Fsp3) is 0.357. The number of anilines is 1. The van der Waals surface area contributed by atoms with Crippen molar-refractivity contribution in [1.29, 1.82) is 5.26 Å². The van der Waals surface area contributed by atoms with Gasteiger partial charge in [-0.25, -0.2) is 4.39 Å². The van der Waals surface area contributed by atoms with Gasteiger partial charge in [0, 0.05) is 25.6 Å². The molecular weight excluding hydrogens is 279 g/mol. The Balaban J connectivity index is 2.18. The summed E-state index contributed by atoms with van der Waals surface area (Å²) in [6, 6.07) is 5.74. The van der Waals surface area contributed by atoms with Crippen molar-refractivity contribution in [2.45, 2.75) is 13.3 Å². The maximum Gasteiger partial charge on any atom is 0.227 e. The lowest BCUT2D eigenvalue weighted by atomic mass is 10.1. The molecule has 1 aromatic rings. The van der Waals surface area contributed by atoms with E-state index in [0.717, 1.165) is 0 Å². The normalized spacial score (nSPS) is 18.1. The predicted molar refractivity (Wildman–Crippen MR) is 74.7 cm³/mol. The number of nitrogens with zero attached hydrogens (tertiary/aromatic N) is 2. The third-order valence-corrected chi connectivity index (χ3v) is 4.14. The van der Waals surface area contributed by atoms with Gasteiger partial charge in [0.25, 0.3) is 0 Å². The lowest BCUT2D eigenvalue weighted by molar-refractivity contribution is -0.117. The number of carbonyl (C=O) groups excluding carboxylic acids is 2. The molecule has 0 N–H and O–H groups in total. The van der Waals surface area contributed by atoms with Crippen LogP contribution in [0.1, 0.15) is 18.9 Å².